The first-order valence-corrected chi connectivity index (χ1v) is 8.73. The zero-order chi connectivity index (χ0) is 18.0. The SMILES string of the molecule is Cc1nc2c3ccccc3nn2c(C)c1CCC(=O)NCCC(C)N. The minimum absolute atomic E-state index is 0.0465. The van der Waals surface area contributed by atoms with Crippen LogP contribution in [0, 0.1) is 13.8 Å². The Morgan fingerprint density at radius 3 is 2.84 bits per heavy atom. The van der Waals surface area contributed by atoms with E-state index < -0.39 is 0 Å². The summed E-state index contributed by atoms with van der Waals surface area (Å²) in [5.41, 5.74) is 10.6. The highest BCUT2D eigenvalue weighted by molar-refractivity contribution is 5.92. The number of amides is 1. The van der Waals surface area contributed by atoms with Crippen LogP contribution < -0.4 is 11.1 Å². The van der Waals surface area contributed by atoms with Crippen molar-refractivity contribution in [1.82, 2.24) is 19.9 Å². The van der Waals surface area contributed by atoms with Gasteiger partial charge in [-0.25, -0.2) is 9.50 Å². The van der Waals surface area contributed by atoms with E-state index in [0.29, 0.717) is 19.4 Å². The third-order valence-electron chi connectivity index (χ3n) is 4.54. The predicted octanol–water partition coefficient (Wildman–Crippen LogP) is 2.29. The van der Waals surface area contributed by atoms with E-state index in [4.69, 9.17) is 10.7 Å². The van der Waals surface area contributed by atoms with E-state index in [-0.39, 0.29) is 11.9 Å². The van der Waals surface area contributed by atoms with Gasteiger partial charge in [-0.2, -0.15) is 5.10 Å². The number of aryl methyl sites for hydroxylation is 2. The molecule has 0 saturated carbocycles. The summed E-state index contributed by atoms with van der Waals surface area (Å²) < 4.78 is 1.89. The van der Waals surface area contributed by atoms with Gasteiger partial charge in [0.05, 0.1) is 5.52 Å². The van der Waals surface area contributed by atoms with Crippen LogP contribution in [0.4, 0.5) is 0 Å². The molecule has 6 nitrogen and oxygen atoms in total. The van der Waals surface area contributed by atoms with Crippen LogP contribution in [-0.2, 0) is 11.2 Å². The summed E-state index contributed by atoms with van der Waals surface area (Å²) in [6, 6.07) is 8.10. The number of nitrogens with two attached hydrogens (primary N) is 1. The van der Waals surface area contributed by atoms with Gasteiger partial charge >= 0.3 is 0 Å². The Bertz CT molecular complexity index is 913. The predicted molar refractivity (Wildman–Crippen MR) is 99.6 cm³/mol. The molecule has 3 N–H and O–H groups in total. The molecule has 2 aromatic heterocycles. The van der Waals surface area contributed by atoms with Gasteiger partial charge in [0.15, 0.2) is 5.65 Å². The molecule has 0 radical (unpaired) electrons. The maximum atomic E-state index is 12.0. The number of nitrogens with one attached hydrogen (secondary N) is 1. The van der Waals surface area contributed by atoms with Crippen LogP contribution >= 0.6 is 0 Å². The number of hydrogen-bond acceptors (Lipinski definition) is 4. The van der Waals surface area contributed by atoms with Crippen molar-refractivity contribution in [3.63, 3.8) is 0 Å². The first-order chi connectivity index (χ1) is 12.0. The summed E-state index contributed by atoms with van der Waals surface area (Å²) in [6.07, 6.45) is 1.88. The number of nitrogens with zero attached hydrogens (tertiary/aromatic N) is 3. The summed E-state index contributed by atoms with van der Waals surface area (Å²) >= 11 is 0. The smallest absolute Gasteiger partial charge is 0.220 e. The molecule has 0 aliphatic carbocycles. The number of carbonyl (C=O) groups is 1. The number of benzene rings is 1. The van der Waals surface area contributed by atoms with Gasteiger partial charge in [-0.15, -0.1) is 0 Å². The van der Waals surface area contributed by atoms with Crippen molar-refractivity contribution in [2.75, 3.05) is 6.54 Å². The summed E-state index contributed by atoms with van der Waals surface area (Å²) in [6.45, 7) is 6.60. The van der Waals surface area contributed by atoms with Crippen LogP contribution in [0.15, 0.2) is 24.3 Å². The fourth-order valence-corrected chi connectivity index (χ4v) is 3.10. The van der Waals surface area contributed by atoms with Gasteiger partial charge in [-0.05, 0) is 51.3 Å². The van der Waals surface area contributed by atoms with Crippen molar-refractivity contribution in [1.29, 1.82) is 0 Å². The lowest BCUT2D eigenvalue weighted by molar-refractivity contribution is -0.121. The van der Waals surface area contributed by atoms with Crippen LogP contribution in [0.5, 0.6) is 0 Å². The quantitative estimate of drug-likeness (QED) is 0.721. The lowest BCUT2D eigenvalue weighted by Gasteiger charge is -2.11. The van der Waals surface area contributed by atoms with Crippen molar-refractivity contribution in [3.05, 3.63) is 41.2 Å². The molecule has 25 heavy (non-hydrogen) atoms. The lowest BCUT2D eigenvalue weighted by Crippen LogP contribution is -2.29. The van der Waals surface area contributed by atoms with Crippen molar-refractivity contribution >= 4 is 22.5 Å². The third-order valence-corrected chi connectivity index (χ3v) is 4.54. The molecule has 0 fully saturated rings. The highest BCUT2D eigenvalue weighted by atomic mass is 16.1. The maximum Gasteiger partial charge on any atom is 0.220 e. The average molecular weight is 339 g/mol. The Morgan fingerprint density at radius 1 is 1.32 bits per heavy atom. The molecule has 1 amide bonds. The normalized spacial score (nSPS) is 12.6. The van der Waals surface area contributed by atoms with Crippen LogP contribution in [0.3, 0.4) is 0 Å². The Balaban J connectivity index is 1.80. The summed E-state index contributed by atoms with van der Waals surface area (Å²) in [4.78, 5) is 16.8. The van der Waals surface area contributed by atoms with E-state index >= 15 is 0 Å². The standard InChI is InChI=1S/C19H25N5O/c1-12(20)10-11-21-18(25)9-8-15-13(2)22-19-16-6-4-5-7-17(16)23-24(19)14(15)3/h4-7,12H,8-11,20H2,1-3H3,(H,21,25). The van der Waals surface area contributed by atoms with Crippen molar-refractivity contribution in [2.45, 2.75) is 46.1 Å². The van der Waals surface area contributed by atoms with Crippen LogP contribution in [0.25, 0.3) is 16.6 Å². The van der Waals surface area contributed by atoms with E-state index in [0.717, 1.165) is 39.9 Å². The Kier molecular flexibility index (Phi) is 4.99. The molecular weight excluding hydrogens is 314 g/mol. The summed E-state index contributed by atoms with van der Waals surface area (Å²) in [5, 5.41) is 8.62. The molecule has 2 heterocycles. The molecule has 1 atom stereocenters. The second kappa shape index (κ2) is 7.19. The summed E-state index contributed by atoms with van der Waals surface area (Å²) in [7, 11) is 0. The van der Waals surface area contributed by atoms with Crippen molar-refractivity contribution in [2.24, 2.45) is 5.73 Å². The van der Waals surface area contributed by atoms with Crippen molar-refractivity contribution in [3.8, 4) is 0 Å². The third kappa shape index (κ3) is 3.64. The lowest BCUT2D eigenvalue weighted by atomic mass is 10.1. The van der Waals surface area contributed by atoms with E-state index in [9.17, 15) is 4.79 Å². The maximum absolute atomic E-state index is 12.0. The van der Waals surface area contributed by atoms with Gasteiger partial charge in [0.2, 0.25) is 5.91 Å². The molecule has 0 aliphatic heterocycles. The first kappa shape index (κ1) is 17.4. The number of aromatic nitrogens is 3. The minimum atomic E-state index is 0.0465. The average Bonchev–Trinajstić information content (AvgIpc) is 2.93. The van der Waals surface area contributed by atoms with Gasteiger partial charge in [-0.3, -0.25) is 4.79 Å². The molecule has 0 bridgehead atoms. The highest BCUT2D eigenvalue weighted by Crippen LogP contribution is 2.22. The second-order valence-electron chi connectivity index (χ2n) is 6.63. The van der Waals surface area contributed by atoms with E-state index in [1.807, 2.05) is 49.6 Å². The van der Waals surface area contributed by atoms with E-state index in [2.05, 4.69) is 10.4 Å². The Hall–Kier alpha value is -2.47. The topological polar surface area (TPSA) is 85.3 Å². The largest absolute Gasteiger partial charge is 0.356 e. The molecule has 6 heteroatoms. The molecular formula is C19H25N5O. The second-order valence-corrected chi connectivity index (χ2v) is 6.63. The molecule has 3 aromatic rings. The molecule has 3 rings (SSSR count). The fourth-order valence-electron chi connectivity index (χ4n) is 3.10. The fraction of sp³-hybridized carbons (Fsp3) is 0.421. The number of fused-ring (bicyclic) bond motifs is 3. The first-order valence-electron chi connectivity index (χ1n) is 8.73. The number of hydrogen-bond donors (Lipinski definition) is 2. The highest BCUT2D eigenvalue weighted by Gasteiger charge is 2.14. The Morgan fingerprint density at radius 2 is 2.08 bits per heavy atom. The van der Waals surface area contributed by atoms with Crippen LogP contribution in [0.1, 0.15) is 36.7 Å². The molecule has 132 valence electrons. The Labute approximate surface area is 147 Å². The minimum Gasteiger partial charge on any atom is -0.356 e. The van der Waals surface area contributed by atoms with Gasteiger partial charge in [0.25, 0.3) is 0 Å². The van der Waals surface area contributed by atoms with E-state index in [1.54, 1.807) is 0 Å². The molecule has 1 aromatic carbocycles. The molecule has 1 unspecified atom stereocenters. The van der Waals surface area contributed by atoms with Gasteiger partial charge in [0, 0.05) is 35.8 Å². The zero-order valence-electron chi connectivity index (χ0n) is 15.0. The van der Waals surface area contributed by atoms with Gasteiger partial charge < -0.3 is 11.1 Å². The van der Waals surface area contributed by atoms with Gasteiger partial charge in [-0.1, -0.05) is 12.1 Å². The zero-order valence-corrected chi connectivity index (χ0v) is 15.0. The number of rotatable bonds is 6. The van der Waals surface area contributed by atoms with Gasteiger partial charge in [0.1, 0.15) is 0 Å². The van der Waals surface area contributed by atoms with E-state index in [1.165, 1.54) is 0 Å². The summed E-state index contributed by atoms with van der Waals surface area (Å²) in [5.74, 6) is 0.0465. The number of carbonyl (C=O) groups excluding carboxylic acids is 1. The van der Waals surface area contributed by atoms with Crippen LogP contribution in [-0.4, -0.2) is 33.1 Å². The molecule has 0 spiro atoms. The molecule has 0 aliphatic rings. The van der Waals surface area contributed by atoms with Crippen molar-refractivity contribution < 1.29 is 4.79 Å². The molecule has 0 saturated heterocycles. The van der Waals surface area contributed by atoms with Crippen LogP contribution in [0.2, 0.25) is 0 Å². The monoisotopic (exact) mass is 339 g/mol.